The maximum atomic E-state index is 16.3. The number of nitrogen functional groups attached to an aromatic ring is 1. The number of aryl methyl sites for hydroxylation is 1. The second-order valence-electron chi connectivity index (χ2n) is 11.6. The van der Waals surface area contributed by atoms with Crippen LogP contribution in [0.25, 0.3) is 22.0 Å². The quantitative estimate of drug-likeness (QED) is 0.483. The van der Waals surface area contributed by atoms with Crippen LogP contribution in [0.15, 0.2) is 24.3 Å². The number of benzene rings is 2. The summed E-state index contributed by atoms with van der Waals surface area (Å²) >= 11 is 0. The first-order valence-corrected chi connectivity index (χ1v) is 13.9. The van der Waals surface area contributed by atoms with Gasteiger partial charge in [-0.05, 0) is 87.9 Å². The average molecular weight is 521 g/mol. The minimum atomic E-state index is -0.707. The van der Waals surface area contributed by atoms with Crippen LogP contribution in [0.1, 0.15) is 44.1 Å². The molecule has 9 heteroatoms. The van der Waals surface area contributed by atoms with Crippen molar-refractivity contribution < 1.29 is 13.5 Å². The molecule has 2 bridgehead atoms. The third-order valence-corrected chi connectivity index (χ3v) is 9.17. The summed E-state index contributed by atoms with van der Waals surface area (Å²) in [5, 5.41) is 4.00. The lowest BCUT2D eigenvalue weighted by atomic mass is 9.95. The van der Waals surface area contributed by atoms with Gasteiger partial charge in [0.1, 0.15) is 23.8 Å². The summed E-state index contributed by atoms with van der Waals surface area (Å²) in [5.74, 6) is -0.808. The number of nitrogens with two attached hydrogens (primary N) is 1. The Bertz CT molecular complexity index is 1390. The van der Waals surface area contributed by atoms with Gasteiger partial charge >= 0.3 is 6.01 Å². The molecule has 4 fully saturated rings. The maximum Gasteiger partial charge on any atom is 0.319 e. The molecule has 200 valence electrons. The van der Waals surface area contributed by atoms with Crippen LogP contribution in [-0.2, 0) is 0 Å². The van der Waals surface area contributed by atoms with Gasteiger partial charge < -0.3 is 20.7 Å². The normalized spacial score (nSPS) is 24.3. The summed E-state index contributed by atoms with van der Waals surface area (Å²) in [6, 6.07) is 7.35. The Labute approximate surface area is 221 Å². The predicted octanol–water partition coefficient (Wildman–Crippen LogP) is 4.41. The average Bonchev–Trinajstić information content (AvgIpc) is 3.58. The summed E-state index contributed by atoms with van der Waals surface area (Å²) in [6.07, 6.45) is 6.68. The second-order valence-corrected chi connectivity index (χ2v) is 11.6. The van der Waals surface area contributed by atoms with E-state index in [1.807, 2.05) is 6.92 Å². The Morgan fingerprint density at radius 1 is 1.08 bits per heavy atom. The van der Waals surface area contributed by atoms with Crippen molar-refractivity contribution in [3.05, 3.63) is 41.5 Å². The van der Waals surface area contributed by atoms with Crippen molar-refractivity contribution in [2.24, 2.45) is 0 Å². The van der Waals surface area contributed by atoms with Crippen LogP contribution in [0.5, 0.6) is 6.01 Å². The fourth-order valence-electron chi connectivity index (χ4n) is 7.25. The third kappa shape index (κ3) is 3.90. The zero-order valence-electron chi connectivity index (χ0n) is 21.8. The summed E-state index contributed by atoms with van der Waals surface area (Å²) in [6.45, 7) is 5.95. The van der Waals surface area contributed by atoms with Crippen LogP contribution in [0.2, 0.25) is 0 Å². The van der Waals surface area contributed by atoms with Gasteiger partial charge in [-0.2, -0.15) is 9.97 Å². The van der Waals surface area contributed by atoms with Crippen molar-refractivity contribution in [1.29, 1.82) is 0 Å². The van der Waals surface area contributed by atoms with Gasteiger partial charge in [0.2, 0.25) is 0 Å². The molecular weight excluding hydrogens is 486 g/mol. The third-order valence-electron chi connectivity index (χ3n) is 9.17. The number of halogens is 2. The van der Waals surface area contributed by atoms with Crippen molar-refractivity contribution in [1.82, 2.24) is 20.2 Å². The molecule has 1 aromatic heterocycles. The second kappa shape index (κ2) is 9.02. The number of hydrogen-bond donors (Lipinski definition) is 2. The summed E-state index contributed by atoms with van der Waals surface area (Å²) < 4.78 is 38.3. The number of fused-ring (bicyclic) bond motifs is 4. The number of hydrogen-bond acceptors (Lipinski definition) is 7. The first kappa shape index (κ1) is 24.0. The van der Waals surface area contributed by atoms with Gasteiger partial charge in [0.25, 0.3) is 0 Å². The largest absolute Gasteiger partial charge is 0.461 e. The fraction of sp³-hybridized carbons (Fsp3) is 0.517. The van der Waals surface area contributed by atoms with Crippen LogP contribution >= 0.6 is 0 Å². The number of aromatic nitrogens is 2. The van der Waals surface area contributed by atoms with E-state index < -0.39 is 11.6 Å². The van der Waals surface area contributed by atoms with Gasteiger partial charge in [0, 0.05) is 36.2 Å². The monoisotopic (exact) mass is 520 g/mol. The lowest BCUT2D eigenvalue weighted by Crippen LogP contribution is -2.51. The fourth-order valence-corrected chi connectivity index (χ4v) is 7.25. The number of nitrogens with zero attached hydrogens (tertiary/aromatic N) is 4. The van der Waals surface area contributed by atoms with Crippen molar-refractivity contribution >= 4 is 22.4 Å². The van der Waals surface area contributed by atoms with E-state index in [0.29, 0.717) is 41.1 Å². The minimum Gasteiger partial charge on any atom is -0.461 e. The first-order valence-electron chi connectivity index (χ1n) is 13.9. The van der Waals surface area contributed by atoms with E-state index in [1.54, 1.807) is 18.2 Å². The van der Waals surface area contributed by atoms with Crippen LogP contribution in [0.4, 0.5) is 20.3 Å². The van der Waals surface area contributed by atoms with Crippen LogP contribution in [0.3, 0.4) is 0 Å². The lowest BCUT2D eigenvalue weighted by molar-refractivity contribution is 0.108. The molecule has 2 unspecified atom stereocenters. The Hall–Kier alpha value is -3.04. The SMILES string of the molecule is Cc1ccc(N)cc1-c1c(F)cc2c(N3CC4CCC(C3)N4)nc(OCC34CCCN3CCC4)nc2c1F. The molecule has 0 amide bonds. The lowest BCUT2D eigenvalue weighted by Gasteiger charge is -2.34. The first-order chi connectivity index (χ1) is 18.4. The van der Waals surface area contributed by atoms with Crippen molar-refractivity contribution in [2.45, 2.75) is 63.1 Å². The van der Waals surface area contributed by atoms with Crippen molar-refractivity contribution in [2.75, 3.05) is 43.4 Å². The molecule has 7 nitrogen and oxygen atoms in total. The standard InChI is InChI=1S/C29H34F2N6O/c1-17-4-5-18(32)12-21(17)24-23(30)13-22-26(25(24)31)34-28(38-16-29-8-2-10-37(29)11-3-9-29)35-27(22)36-14-19-6-7-20(15-36)33-19/h4-5,12-13,19-20,33H,2-3,6-11,14-16,32H2,1H3. The Morgan fingerprint density at radius 3 is 2.55 bits per heavy atom. The van der Waals surface area contributed by atoms with Crippen LogP contribution in [0, 0.1) is 18.6 Å². The Balaban J connectivity index is 1.35. The van der Waals surface area contributed by atoms with E-state index in [0.717, 1.165) is 70.3 Å². The highest BCUT2D eigenvalue weighted by Crippen LogP contribution is 2.41. The summed E-state index contributed by atoms with van der Waals surface area (Å²) in [7, 11) is 0. The molecule has 4 saturated heterocycles. The molecule has 5 heterocycles. The number of rotatable bonds is 5. The predicted molar refractivity (Wildman–Crippen MR) is 144 cm³/mol. The molecule has 7 rings (SSSR count). The van der Waals surface area contributed by atoms with Gasteiger partial charge in [-0.3, -0.25) is 4.90 Å². The Morgan fingerprint density at radius 2 is 1.82 bits per heavy atom. The molecule has 0 aliphatic carbocycles. The van der Waals surface area contributed by atoms with E-state index in [4.69, 9.17) is 15.5 Å². The molecule has 2 aromatic carbocycles. The van der Waals surface area contributed by atoms with Gasteiger partial charge in [-0.25, -0.2) is 8.78 Å². The molecule has 0 radical (unpaired) electrons. The van der Waals surface area contributed by atoms with E-state index in [2.05, 4.69) is 20.1 Å². The van der Waals surface area contributed by atoms with E-state index in [-0.39, 0.29) is 22.6 Å². The van der Waals surface area contributed by atoms with Crippen LogP contribution < -0.4 is 20.7 Å². The van der Waals surface area contributed by atoms with Gasteiger partial charge in [-0.1, -0.05) is 6.07 Å². The smallest absolute Gasteiger partial charge is 0.319 e. The molecule has 0 saturated carbocycles. The molecule has 4 aliphatic heterocycles. The van der Waals surface area contributed by atoms with E-state index >= 15 is 8.78 Å². The molecule has 0 spiro atoms. The van der Waals surface area contributed by atoms with Crippen molar-refractivity contribution in [3.63, 3.8) is 0 Å². The van der Waals surface area contributed by atoms with E-state index in [9.17, 15) is 0 Å². The summed E-state index contributed by atoms with van der Waals surface area (Å²) in [4.78, 5) is 14.0. The number of nitrogens with one attached hydrogen (secondary N) is 1. The molecule has 2 atom stereocenters. The number of ether oxygens (including phenoxy) is 1. The highest BCUT2D eigenvalue weighted by Gasteiger charge is 2.45. The molecule has 3 N–H and O–H groups in total. The topological polar surface area (TPSA) is 79.5 Å². The van der Waals surface area contributed by atoms with E-state index in [1.165, 1.54) is 6.07 Å². The zero-order valence-corrected chi connectivity index (χ0v) is 21.8. The zero-order chi connectivity index (χ0) is 26.0. The van der Waals surface area contributed by atoms with Gasteiger partial charge in [0.05, 0.1) is 11.1 Å². The number of piperazine rings is 1. The van der Waals surface area contributed by atoms with Crippen molar-refractivity contribution in [3.8, 4) is 17.1 Å². The highest BCUT2D eigenvalue weighted by atomic mass is 19.1. The molecular formula is C29H34F2N6O. The van der Waals surface area contributed by atoms with Crippen LogP contribution in [-0.4, -0.2) is 65.3 Å². The Kier molecular flexibility index (Phi) is 5.70. The van der Waals surface area contributed by atoms with Gasteiger partial charge in [-0.15, -0.1) is 0 Å². The molecule has 38 heavy (non-hydrogen) atoms. The van der Waals surface area contributed by atoms with Gasteiger partial charge in [0.15, 0.2) is 5.82 Å². The summed E-state index contributed by atoms with van der Waals surface area (Å²) in [5.41, 5.74) is 7.58. The maximum absolute atomic E-state index is 16.3. The molecule has 3 aromatic rings. The number of anilines is 2. The minimum absolute atomic E-state index is 0.0117. The highest BCUT2D eigenvalue weighted by molar-refractivity contribution is 5.94. The molecule has 4 aliphatic rings.